The number of carboxylic acid groups (broad SMARTS) is 1. The highest BCUT2D eigenvalue weighted by molar-refractivity contribution is 6.00. The van der Waals surface area contributed by atoms with Gasteiger partial charge in [-0.3, -0.25) is 4.79 Å². The molecule has 0 saturated carbocycles. The predicted octanol–water partition coefficient (Wildman–Crippen LogP) is 2.91. The minimum Gasteiger partial charge on any atom is -0.496 e. The molecule has 6 nitrogen and oxygen atoms in total. The van der Waals surface area contributed by atoms with Crippen LogP contribution < -0.4 is 10.1 Å². The Morgan fingerprint density at radius 2 is 1.96 bits per heavy atom. The quantitative estimate of drug-likeness (QED) is 0.636. The van der Waals surface area contributed by atoms with Crippen LogP contribution in [0.5, 0.6) is 5.75 Å². The molecule has 3 rings (SSSR count). The van der Waals surface area contributed by atoms with Crippen molar-refractivity contribution in [3.63, 3.8) is 0 Å². The lowest BCUT2D eigenvalue weighted by molar-refractivity contribution is -0.139. The molecule has 0 radical (unpaired) electrons. The van der Waals surface area contributed by atoms with Crippen LogP contribution >= 0.6 is 0 Å². The van der Waals surface area contributed by atoms with Gasteiger partial charge in [-0.1, -0.05) is 30.3 Å². The number of carbonyl (C=O) groups excluding carboxylic acids is 1. The van der Waals surface area contributed by atoms with Gasteiger partial charge in [0.25, 0.3) is 5.91 Å². The molecule has 0 saturated heterocycles. The van der Waals surface area contributed by atoms with E-state index in [1.165, 1.54) is 7.11 Å². The first-order valence-electron chi connectivity index (χ1n) is 8.23. The van der Waals surface area contributed by atoms with Gasteiger partial charge >= 0.3 is 5.97 Å². The summed E-state index contributed by atoms with van der Waals surface area (Å²) >= 11 is 0. The number of aliphatic carboxylic acids is 1. The number of carbonyl (C=O) groups is 2. The SMILES string of the molecule is COc1cccc(C)c1C(=O)N[C@@H](Cc1c[nH]c2ccccc12)C(=O)O. The van der Waals surface area contributed by atoms with E-state index in [4.69, 9.17) is 4.74 Å². The van der Waals surface area contributed by atoms with Crippen molar-refractivity contribution in [3.8, 4) is 5.75 Å². The molecule has 3 aromatic rings. The minimum atomic E-state index is -1.09. The number of amides is 1. The van der Waals surface area contributed by atoms with Gasteiger partial charge in [0.15, 0.2) is 0 Å². The highest BCUT2D eigenvalue weighted by Crippen LogP contribution is 2.23. The number of hydrogen-bond acceptors (Lipinski definition) is 3. The fraction of sp³-hybridized carbons (Fsp3) is 0.200. The molecule has 2 aromatic carbocycles. The lowest BCUT2D eigenvalue weighted by Gasteiger charge is -2.17. The van der Waals surface area contributed by atoms with Gasteiger partial charge in [-0.2, -0.15) is 0 Å². The Morgan fingerprint density at radius 1 is 1.19 bits per heavy atom. The van der Waals surface area contributed by atoms with Gasteiger partial charge in [0, 0.05) is 23.5 Å². The van der Waals surface area contributed by atoms with Crippen molar-refractivity contribution in [2.75, 3.05) is 7.11 Å². The summed E-state index contributed by atoms with van der Waals surface area (Å²) in [6.07, 6.45) is 1.96. The number of hydrogen-bond donors (Lipinski definition) is 3. The number of aromatic amines is 1. The summed E-state index contributed by atoms with van der Waals surface area (Å²) in [7, 11) is 1.48. The number of para-hydroxylation sites is 1. The molecule has 0 aliphatic rings. The van der Waals surface area contributed by atoms with Crippen LogP contribution in [0.1, 0.15) is 21.5 Å². The number of nitrogens with one attached hydrogen (secondary N) is 2. The van der Waals surface area contributed by atoms with Gasteiger partial charge in [0.2, 0.25) is 0 Å². The molecule has 134 valence electrons. The second-order valence-electron chi connectivity index (χ2n) is 6.08. The van der Waals surface area contributed by atoms with Gasteiger partial charge in [-0.15, -0.1) is 0 Å². The highest BCUT2D eigenvalue weighted by atomic mass is 16.5. The van der Waals surface area contributed by atoms with E-state index in [2.05, 4.69) is 10.3 Å². The number of methoxy groups -OCH3 is 1. The summed E-state index contributed by atoms with van der Waals surface area (Å²) < 4.78 is 5.24. The minimum absolute atomic E-state index is 0.180. The Balaban J connectivity index is 1.86. The summed E-state index contributed by atoms with van der Waals surface area (Å²) in [5, 5.41) is 13.1. The Kier molecular flexibility index (Phi) is 4.93. The van der Waals surface area contributed by atoms with Gasteiger partial charge in [0.05, 0.1) is 12.7 Å². The first kappa shape index (κ1) is 17.5. The van der Waals surface area contributed by atoms with Crippen LogP contribution in [0.15, 0.2) is 48.7 Å². The number of H-pyrrole nitrogens is 1. The number of rotatable bonds is 6. The number of fused-ring (bicyclic) bond motifs is 1. The third-order valence-electron chi connectivity index (χ3n) is 4.38. The van der Waals surface area contributed by atoms with Crippen LogP contribution in [0.3, 0.4) is 0 Å². The maximum absolute atomic E-state index is 12.7. The smallest absolute Gasteiger partial charge is 0.326 e. The molecule has 0 fully saturated rings. The van der Waals surface area contributed by atoms with Crippen molar-refractivity contribution >= 4 is 22.8 Å². The van der Waals surface area contributed by atoms with Crippen molar-refractivity contribution in [2.45, 2.75) is 19.4 Å². The van der Waals surface area contributed by atoms with Crippen molar-refractivity contribution < 1.29 is 19.4 Å². The summed E-state index contributed by atoms with van der Waals surface area (Å²) in [4.78, 5) is 27.5. The number of aryl methyl sites for hydroxylation is 1. The fourth-order valence-corrected chi connectivity index (χ4v) is 3.05. The maximum Gasteiger partial charge on any atom is 0.326 e. The molecule has 0 bridgehead atoms. The first-order chi connectivity index (χ1) is 12.5. The number of aromatic nitrogens is 1. The van der Waals surface area contributed by atoms with Gasteiger partial charge in [0.1, 0.15) is 11.8 Å². The standard InChI is InChI=1S/C20H20N2O4/c1-12-6-5-9-17(26-2)18(12)19(23)22-16(20(24)25)10-13-11-21-15-8-4-3-7-14(13)15/h3-9,11,16,21H,10H2,1-2H3,(H,22,23)(H,24,25)/t16-/m0/s1. The van der Waals surface area contributed by atoms with E-state index in [0.29, 0.717) is 11.3 Å². The van der Waals surface area contributed by atoms with Crippen molar-refractivity contribution in [2.24, 2.45) is 0 Å². The zero-order valence-corrected chi connectivity index (χ0v) is 14.6. The zero-order valence-electron chi connectivity index (χ0n) is 14.6. The fourth-order valence-electron chi connectivity index (χ4n) is 3.05. The third kappa shape index (κ3) is 3.39. The van der Waals surface area contributed by atoms with Gasteiger partial charge in [-0.05, 0) is 30.2 Å². The predicted molar refractivity (Wildman–Crippen MR) is 98.6 cm³/mol. The van der Waals surface area contributed by atoms with Crippen LogP contribution in [-0.2, 0) is 11.2 Å². The molecular weight excluding hydrogens is 332 g/mol. The highest BCUT2D eigenvalue weighted by Gasteiger charge is 2.24. The molecule has 0 unspecified atom stereocenters. The first-order valence-corrected chi connectivity index (χ1v) is 8.23. The molecule has 0 spiro atoms. The van der Waals surface area contributed by atoms with Crippen molar-refractivity contribution in [1.82, 2.24) is 10.3 Å². The topological polar surface area (TPSA) is 91.4 Å². The summed E-state index contributed by atoms with van der Waals surface area (Å²) in [6.45, 7) is 1.78. The molecule has 1 aromatic heterocycles. The van der Waals surface area contributed by atoms with Crippen LogP contribution in [0.2, 0.25) is 0 Å². The average molecular weight is 352 g/mol. The Labute approximate surface area is 150 Å². The van der Waals surface area contributed by atoms with Gasteiger partial charge in [-0.25, -0.2) is 4.79 Å². The van der Waals surface area contributed by atoms with E-state index in [0.717, 1.165) is 22.0 Å². The summed E-state index contributed by atoms with van der Waals surface area (Å²) in [5.41, 5.74) is 2.84. The third-order valence-corrected chi connectivity index (χ3v) is 4.38. The second kappa shape index (κ2) is 7.31. The van der Waals surface area contributed by atoms with E-state index >= 15 is 0 Å². The summed E-state index contributed by atoms with van der Waals surface area (Å²) in [6, 6.07) is 11.8. The molecule has 6 heteroatoms. The van der Waals surface area contributed by atoms with Gasteiger partial charge < -0.3 is 20.1 Å². The lowest BCUT2D eigenvalue weighted by atomic mass is 10.0. The molecule has 1 amide bonds. The lowest BCUT2D eigenvalue weighted by Crippen LogP contribution is -2.42. The Hall–Kier alpha value is -3.28. The number of ether oxygens (including phenoxy) is 1. The second-order valence-corrected chi connectivity index (χ2v) is 6.08. The molecule has 3 N–H and O–H groups in total. The van der Waals surface area contributed by atoms with E-state index < -0.39 is 17.9 Å². The normalized spacial score (nSPS) is 11.9. The van der Waals surface area contributed by atoms with Crippen LogP contribution in [-0.4, -0.2) is 35.1 Å². The van der Waals surface area contributed by atoms with E-state index in [1.807, 2.05) is 24.3 Å². The van der Waals surface area contributed by atoms with Crippen LogP contribution in [0.25, 0.3) is 10.9 Å². The van der Waals surface area contributed by atoms with E-state index in [-0.39, 0.29) is 6.42 Å². The monoisotopic (exact) mass is 352 g/mol. The van der Waals surface area contributed by atoms with Crippen molar-refractivity contribution in [1.29, 1.82) is 0 Å². The molecule has 1 heterocycles. The van der Waals surface area contributed by atoms with E-state index in [1.54, 1.807) is 31.3 Å². The van der Waals surface area contributed by atoms with E-state index in [9.17, 15) is 14.7 Å². The zero-order chi connectivity index (χ0) is 18.7. The molecular formula is C20H20N2O4. The van der Waals surface area contributed by atoms with Crippen molar-refractivity contribution in [3.05, 3.63) is 65.4 Å². The molecule has 1 atom stereocenters. The molecule has 0 aliphatic heterocycles. The largest absolute Gasteiger partial charge is 0.496 e. The van der Waals surface area contributed by atoms with Crippen LogP contribution in [0.4, 0.5) is 0 Å². The maximum atomic E-state index is 12.7. The number of benzene rings is 2. The molecule has 26 heavy (non-hydrogen) atoms. The Morgan fingerprint density at radius 3 is 2.69 bits per heavy atom. The molecule has 0 aliphatic carbocycles. The number of carboxylic acids is 1. The average Bonchev–Trinajstić information content (AvgIpc) is 3.03. The summed E-state index contributed by atoms with van der Waals surface area (Å²) in [5.74, 6) is -1.14. The Bertz CT molecular complexity index is 961. The van der Waals surface area contributed by atoms with Crippen LogP contribution in [0, 0.1) is 6.92 Å².